The van der Waals surface area contributed by atoms with Gasteiger partial charge < -0.3 is 5.32 Å². The summed E-state index contributed by atoms with van der Waals surface area (Å²) >= 11 is 5.93. The van der Waals surface area contributed by atoms with E-state index in [1.165, 1.54) is 30.3 Å². The smallest absolute Gasteiger partial charge is 0.254 e. The zero-order chi connectivity index (χ0) is 21.8. The van der Waals surface area contributed by atoms with Crippen LogP contribution in [0.2, 0.25) is 5.02 Å². The van der Waals surface area contributed by atoms with Gasteiger partial charge in [-0.1, -0.05) is 29.8 Å². The summed E-state index contributed by atoms with van der Waals surface area (Å²) in [4.78, 5) is 16.4. The number of amides is 1. The van der Waals surface area contributed by atoms with Gasteiger partial charge >= 0.3 is 0 Å². The Hall–Kier alpha value is -2.58. The Balaban J connectivity index is 2.20. The lowest BCUT2D eigenvalue weighted by Crippen LogP contribution is -2.31. The molecule has 0 radical (unpaired) electrons. The number of halogens is 3. The molecule has 0 aliphatic rings. The van der Waals surface area contributed by atoms with Gasteiger partial charge in [-0.05, 0) is 32.0 Å². The van der Waals surface area contributed by atoms with Crippen molar-refractivity contribution in [3.05, 3.63) is 75.7 Å². The Labute approximate surface area is 173 Å². The minimum absolute atomic E-state index is 0.0821. The van der Waals surface area contributed by atoms with Gasteiger partial charge in [0.1, 0.15) is 11.6 Å². The van der Waals surface area contributed by atoms with E-state index in [9.17, 15) is 22.0 Å². The third-order valence-corrected chi connectivity index (χ3v) is 4.84. The summed E-state index contributed by atoms with van der Waals surface area (Å²) in [6.07, 6.45) is 2.31. The van der Waals surface area contributed by atoms with Crippen LogP contribution in [-0.4, -0.2) is 32.3 Å². The summed E-state index contributed by atoms with van der Waals surface area (Å²) in [5, 5.41) is 3.37. The Kier molecular flexibility index (Phi) is 7.26. The number of rotatable bonds is 6. The fourth-order valence-corrected chi connectivity index (χ4v) is 3.17. The van der Waals surface area contributed by atoms with E-state index in [0.717, 1.165) is 17.7 Å². The number of hydrogen-bond acceptors (Lipinski definition) is 4. The molecular formula is C20H19ClF2N2O3S. The quantitative estimate of drug-likeness (QED) is 0.675. The topological polar surface area (TPSA) is 75.6 Å². The number of nitrogens with zero attached hydrogens (tertiary/aromatic N) is 1. The lowest BCUT2D eigenvalue weighted by Gasteiger charge is -2.11. The lowest BCUT2D eigenvalue weighted by molar-refractivity contribution is 0.0943. The molecule has 1 N–H and O–H groups in total. The summed E-state index contributed by atoms with van der Waals surface area (Å²) in [7, 11) is -3.33. The highest BCUT2D eigenvalue weighted by Crippen LogP contribution is 2.23. The Morgan fingerprint density at radius 3 is 2.48 bits per heavy atom. The second-order valence-corrected chi connectivity index (χ2v) is 8.69. The summed E-state index contributed by atoms with van der Waals surface area (Å²) in [6.45, 7) is 3.16. The number of nitrogens with one attached hydrogen (secondary N) is 1. The average Bonchev–Trinajstić information content (AvgIpc) is 2.61. The van der Waals surface area contributed by atoms with Gasteiger partial charge in [-0.2, -0.15) is 0 Å². The Morgan fingerprint density at radius 1 is 1.17 bits per heavy atom. The van der Waals surface area contributed by atoms with Gasteiger partial charge in [-0.3, -0.25) is 9.79 Å². The molecule has 2 aromatic rings. The number of hydrogen-bond donors (Lipinski definition) is 1. The van der Waals surface area contributed by atoms with Crippen LogP contribution in [0, 0.1) is 11.6 Å². The number of sulfone groups is 1. The molecule has 0 aromatic heterocycles. The van der Waals surface area contributed by atoms with Gasteiger partial charge in [0.05, 0.1) is 16.3 Å². The molecule has 2 aromatic carbocycles. The minimum atomic E-state index is -3.33. The van der Waals surface area contributed by atoms with Crippen LogP contribution >= 0.6 is 11.6 Å². The van der Waals surface area contributed by atoms with Crippen molar-refractivity contribution in [3.63, 3.8) is 0 Å². The van der Waals surface area contributed by atoms with Gasteiger partial charge in [0.2, 0.25) is 0 Å². The van der Waals surface area contributed by atoms with Crippen molar-refractivity contribution >= 4 is 38.7 Å². The van der Waals surface area contributed by atoms with Crippen molar-refractivity contribution in [1.29, 1.82) is 0 Å². The number of aliphatic imine (C=N–C) groups is 1. The van der Waals surface area contributed by atoms with E-state index in [-0.39, 0.29) is 16.3 Å². The first-order valence-electron chi connectivity index (χ1n) is 8.46. The molecule has 0 aliphatic heterocycles. The third-order valence-electron chi connectivity index (χ3n) is 3.81. The van der Waals surface area contributed by atoms with Crippen LogP contribution in [0.25, 0.3) is 0 Å². The molecule has 1 atom stereocenters. The highest BCUT2D eigenvalue weighted by atomic mass is 35.5. The fraction of sp³-hybridized carbons (Fsp3) is 0.200. The molecule has 0 fully saturated rings. The zero-order valence-corrected chi connectivity index (χ0v) is 17.5. The van der Waals surface area contributed by atoms with Gasteiger partial charge in [-0.25, -0.2) is 17.2 Å². The molecule has 1 amide bonds. The van der Waals surface area contributed by atoms with E-state index < -0.39 is 33.4 Å². The summed E-state index contributed by atoms with van der Waals surface area (Å²) < 4.78 is 50.2. The van der Waals surface area contributed by atoms with Crippen LogP contribution in [0.4, 0.5) is 14.5 Å². The third kappa shape index (κ3) is 6.47. The van der Waals surface area contributed by atoms with E-state index >= 15 is 0 Å². The maximum Gasteiger partial charge on any atom is 0.254 e. The maximum atomic E-state index is 14.4. The molecular weight excluding hydrogens is 422 g/mol. The summed E-state index contributed by atoms with van der Waals surface area (Å²) in [5.41, 5.74) is 0.762. The van der Waals surface area contributed by atoms with Gasteiger partial charge in [0.25, 0.3) is 5.91 Å². The molecule has 5 nitrogen and oxygen atoms in total. The monoisotopic (exact) mass is 440 g/mol. The van der Waals surface area contributed by atoms with E-state index in [1.54, 1.807) is 19.9 Å². The fourth-order valence-electron chi connectivity index (χ4n) is 2.39. The van der Waals surface area contributed by atoms with Gasteiger partial charge in [0, 0.05) is 35.0 Å². The van der Waals surface area contributed by atoms with E-state index in [2.05, 4.69) is 10.3 Å². The molecule has 0 bridgehead atoms. The van der Waals surface area contributed by atoms with Crippen LogP contribution in [0.15, 0.2) is 52.9 Å². The van der Waals surface area contributed by atoms with Crippen LogP contribution in [-0.2, 0) is 9.84 Å². The molecule has 0 spiro atoms. The second kappa shape index (κ2) is 9.28. The SMILES string of the molecule is CC(=Nc1ccc(C(=O)N[C@H](C)/C=C/S(C)(=O)=O)c(F)c1)c1cccc(F)c1Cl. The number of carbonyl (C=O) groups is 1. The molecule has 154 valence electrons. The minimum Gasteiger partial charge on any atom is -0.346 e. The predicted octanol–water partition coefficient (Wildman–Crippen LogP) is 4.44. The van der Waals surface area contributed by atoms with Crippen molar-refractivity contribution in [2.75, 3.05) is 6.26 Å². The highest BCUT2D eigenvalue weighted by Gasteiger charge is 2.14. The Morgan fingerprint density at radius 2 is 1.86 bits per heavy atom. The second-order valence-electron chi connectivity index (χ2n) is 6.38. The normalized spacial score (nSPS) is 13.5. The molecule has 0 unspecified atom stereocenters. The molecule has 0 aliphatic carbocycles. The standard InChI is InChI=1S/C20H19ClF2N2O3S/c1-12(9-10-29(3,27)28)24-20(26)16-8-7-14(11-18(16)23)25-13(2)15-5-4-6-17(22)19(15)21/h4-12H,1-3H3,(H,24,26)/b10-9+,25-13?/t12-/m1/s1. The molecule has 29 heavy (non-hydrogen) atoms. The van der Waals surface area contributed by atoms with Crippen molar-refractivity contribution in [2.45, 2.75) is 19.9 Å². The van der Waals surface area contributed by atoms with E-state index in [4.69, 9.17) is 11.6 Å². The first-order chi connectivity index (χ1) is 13.5. The predicted molar refractivity (Wildman–Crippen MR) is 111 cm³/mol. The van der Waals surface area contributed by atoms with Crippen LogP contribution < -0.4 is 5.32 Å². The molecule has 0 saturated heterocycles. The molecule has 9 heteroatoms. The van der Waals surface area contributed by atoms with Gasteiger partial charge in [-0.15, -0.1) is 0 Å². The number of carbonyl (C=O) groups excluding carboxylic acids is 1. The summed E-state index contributed by atoms with van der Waals surface area (Å²) in [6, 6.07) is 7.45. The molecule has 0 saturated carbocycles. The van der Waals surface area contributed by atoms with Gasteiger partial charge in [0.15, 0.2) is 9.84 Å². The van der Waals surface area contributed by atoms with Crippen LogP contribution in [0.1, 0.15) is 29.8 Å². The summed E-state index contributed by atoms with van der Waals surface area (Å²) in [5.74, 6) is -2.09. The van der Waals surface area contributed by atoms with Crippen molar-refractivity contribution < 1.29 is 22.0 Å². The molecule has 0 heterocycles. The van der Waals surface area contributed by atoms with Crippen molar-refractivity contribution in [1.82, 2.24) is 5.32 Å². The first-order valence-corrected chi connectivity index (χ1v) is 10.8. The zero-order valence-electron chi connectivity index (χ0n) is 15.9. The highest BCUT2D eigenvalue weighted by molar-refractivity contribution is 7.93. The van der Waals surface area contributed by atoms with Crippen molar-refractivity contribution in [3.8, 4) is 0 Å². The lowest BCUT2D eigenvalue weighted by atomic mass is 10.1. The number of benzene rings is 2. The largest absolute Gasteiger partial charge is 0.346 e. The molecule has 2 rings (SSSR count). The Bertz CT molecular complexity index is 1100. The first kappa shape index (κ1) is 22.7. The van der Waals surface area contributed by atoms with Crippen LogP contribution in [0.3, 0.4) is 0 Å². The average molecular weight is 441 g/mol. The van der Waals surface area contributed by atoms with Crippen molar-refractivity contribution in [2.24, 2.45) is 4.99 Å². The van der Waals surface area contributed by atoms with Crippen LogP contribution in [0.5, 0.6) is 0 Å². The van der Waals surface area contributed by atoms with E-state index in [1.807, 2.05) is 0 Å². The van der Waals surface area contributed by atoms with E-state index in [0.29, 0.717) is 11.3 Å². The maximum absolute atomic E-state index is 14.4.